The first-order chi connectivity index (χ1) is 8.09. The van der Waals surface area contributed by atoms with Gasteiger partial charge >= 0.3 is 5.97 Å². The molecule has 0 aromatic heterocycles. The summed E-state index contributed by atoms with van der Waals surface area (Å²) in [5.41, 5.74) is 0.806. The number of nitrogens with one attached hydrogen (secondary N) is 1. The first kappa shape index (κ1) is 12.7. The molecule has 17 heavy (non-hydrogen) atoms. The van der Waals surface area contributed by atoms with Gasteiger partial charge in [0.05, 0.1) is 0 Å². The summed E-state index contributed by atoms with van der Waals surface area (Å²) in [6, 6.07) is 9.45. The maximum atomic E-state index is 10.8. The number of carboxylic acids is 1. The molecule has 0 saturated heterocycles. The molecular formula is C13H13NO3. The summed E-state index contributed by atoms with van der Waals surface area (Å²) in [5, 5.41) is 11.0. The number of hydrogen-bond acceptors (Lipinski definition) is 2. The van der Waals surface area contributed by atoms with Gasteiger partial charge in [-0.2, -0.15) is 0 Å². The molecule has 1 aromatic rings. The molecular weight excluding hydrogens is 218 g/mol. The van der Waals surface area contributed by atoms with E-state index in [0.717, 1.165) is 5.56 Å². The number of carbonyl (C=O) groups excluding carboxylic acids is 1. The molecule has 4 nitrogen and oxygen atoms in total. The lowest BCUT2D eigenvalue weighted by molar-refractivity contribution is -0.134. The van der Waals surface area contributed by atoms with Gasteiger partial charge in [0.2, 0.25) is 5.91 Å². The highest BCUT2D eigenvalue weighted by Gasteiger charge is 2.06. The van der Waals surface area contributed by atoms with Crippen molar-refractivity contribution < 1.29 is 14.7 Å². The molecule has 1 amide bonds. The second kappa shape index (κ2) is 6.27. The van der Waals surface area contributed by atoms with E-state index in [1.165, 1.54) is 13.0 Å². The molecule has 2 N–H and O–H groups in total. The van der Waals surface area contributed by atoms with Gasteiger partial charge in [0, 0.05) is 6.92 Å². The average Bonchev–Trinajstić information content (AvgIpc) is 2.28. The molecule has 88 valence electrons. The molecule has 4 heteroatoms. The SMILES string of the molecule is CC(=O)N/C(=C/C=C/c1ccccc1)C(=O)O. The van der Waals surface area contributed by atoms with Crippen LogP contribution in [0.25, 0.3) is 6.08 Å². The van der Waals surface area contributed by atoms with E-state index < -0.39 is 11.9 Å². The standard InChI is InChI=1S/C13H13NO3/c1-10(15)14-12(13(16)17)9-5-8-11-6-3-2-4-7-11/h2-9H,1H3,(H,14,15)(H,16,17)/b8-5+,12-9+. The Morgan fingerprint density at radius 2 is 1.88 bits per heavy atom. The molecule has 1 rings (SSSR count). The van der Waals surface area contributed by atoms with Crippen molar-refractivity contribution in [3.8, 4) is 0 Å². The van der Waals surface area contributed by atoms with E-state index >= 15 is 0 Å². The summed E-state index contributed by atoms with van der Waals surface area (Å²) in [5.74, 6) is -1.58. The normalized spacial score (nSPS) is 11.5. The number of rotatable bonds is 4. The minimum atomic E-state index is -1.17. The van der Waals surface area contributed by atoms with Gasteiger partial charge < -0.3 is 10.4 Å². The van der Waals surface area contributed by atoms with Crippen molar-refractivity contribution in [2.45, 2.75) is 6.92 Å². The summed E-state index contributed by atoms with van der Waals surface area (Å²) < 4.78 is 0. The number of benzene rings is 1. The molecule has 0 heterocycles. The van der Waals surface area contributed by atoms with E-state index in [1.54, 1.807) is 12.2 Å². The molecule has 0 aliphatic rings. The number of amides is 1. The third-order valence-corrected chi connectivity index (χ3v) is 1.89. The lowest BCUT2D eigenvalue weighted by atomic mass is 10.2. The number of carboxylic acid groups (broad SMARTS) is 1. The van der Waals surface area contributed by atoms with Crippen LogP contribution in [0.4, 0.5) is 0 Å². The zero-order valence-electron chi connectivity index (χ0n) is 9.38. The molecule has 0 radical (unpaired) electrons. The molecule has 0 spiro atoms. The second-order valence-corrected chi connectivity index (χ2v) is 3.34. The Morgan fingerprint density at radius 1 is 1.24 bits per heavy atom. The quantitative estimate of drug-likeness (QED) is 0.613. The van der Waals surface area contributed by atoms with Gasteiger partial charge in [-0.15, -0.1) is 0 Å². The van der Waals surface area contributed by atoms with Crippen LogP contribution in [0.15, 0.2) is 48.2 Å². The van der Waals surface area contributed by atoms with Crippen LogP contribution in [-0.2, 0) is 9.59 Å². The van der Waals surface area contributed by atoms with E-state index in [9.17, 15) is 9.59 Å². The van der Waals surface area contributed by atoms with Gasteiger partial charge in [-0.3, -0.25) is 4.79 Å². The van der Waals surface area contributed by atoms with Crippen LogP contribution in [0.5, 0.6) is 0 Å². The van der Waals surface area contributed by atoms with Crippen molar-refractivity contribution >= 4 is 18.0 Å². The Morgan fingerprint density at radius 3 is 2.41 bits per heavy atom. The maximum absolute atomic E-state index is 10.8. The van der Waals surface area contributed by atoms with Crippen molar-refractivity contribution in [3.05, 3.63) is 53.7 Å². The fourth-order valence-corrected chi connectivity index (χ4v) is 1.18. The largest absolute Gasteiger partial charge is 0.477 e. The monoisotopic (exact) mass is 231 g/mol. The highest BCUT2D eigenvalue weighted by atomic mass is 16.4. The van der Waals surface area contributed by atoms with E-state index in [0.29, 0.717) is 0 Å². The summed E-state index contributed by atoms with van der Waals surface area (Å²) in [7, 11) is 0. The zero-order chi connectivity index (χ0) is 12.7. The van der Waals surface area contributed by atoms with Gasteiger partial charge in [-0.25, -0.2) is 4.79 Å². The fourth-order valence-electron chi connectivity index (χ4n) is 1.18. The molecule has 0 aliphatic heterocycles. The lowest BCUT2D eigenvalue weighted by Crippen LogP contribution is -2.24. The van der Waals surface area contributed by atoms with Gasteiger partial charge in [0.1, 0.15) is 5.70 Å². The van der Waals surface area contributed by atoms with Crippen molar-refractivity contribution in [2.75, 3.05) is 0 Å². The summed E-state index contributed by atoms with van der Waals surface area (Å²) in [6.45, 7) is 1.26. The third-order valence-electron chi connectivity index (χ3n) is 1.89. The predicted molar refractivity (Wildman–Crippen MR) is 65.0 cm³/mol. The van der Waals surface area contributed by atoms with E-state index in [1.807, 2.05) is 30.3 Å². The smallest absolute Gasteiger partial charge is 0.352 e. The number of carbonyl (C=O) groups is 2. The molecule has 0 atom stereocenters. The second-order valence-electron chi connectivity index (χ2n) is 3.34. The minimum Gasteiger partial charge on any atom is -0.477 e. The molecule has 0 saturated carbocycles. The predicted octanol–water partition coefficient (Wildman–Crippen LogP) is 1.80. The van der Waals surface area contributed by atoms with E-state index in [4.69, 9.17) is 5.11 Å². The van der Waals surface area contributed by atoms with Crippen LogP contribution in [0, 0.1) is 0 Å². The average molecular weight is 231 g/mol. The molecule has 0 fully saturated rings. The fraction of sp³-hybridized carbons (Fsp3) is 0.0769. The maximum Gasteiger partial charge on any atom is 0.352 e. The third kappa shape index (κ3) is 4.79. The highest BCUT2D eigenvalue weighted by Crippen LogP contribution is 2.01. The van der Waals surface area contributed by atoms with Gasteiger partial charge in [-0.1, -0.05) is 42.5 Å². The van der Waals surface area contributed by atoms with Crippen LogP contribution in [0.1, 0.15) is 12.5 Å². The van der Waals surface area contributed by atoms with Crippen molar-refractivity contribution in [3.63, 3.8) is 0 Å². The van der Waals surface area contributed by atoms with Gasteiger partial charge in [-0.05, 0) is 11.6 Å². The molecule has 0 bridgehead atoms. The number of aliphatic carboxylic acids is 1. The van der Waals surface area contributed by atoms with E-state index in [2.05, 4.69) is 5.32 Å². The topological polar surface area (TPSA) is 66.4 Å². The highest BCUT2D eigenvalue weighted by molar-refractivity contribution is 5.92. The first-order valence-electron chi connectivity index (χ1n) is 5.04. The van der Waals surface area contributed by atoms with Crippen LogP contribution in [0.3, 0.4) is 0 Å². The lowest BCUT2D eigenvalue weighted by Gasteiger charge is -2.00. The Hall–Kier alpha value is -2.36. The first-order valence-corrected chi connectivity index (χ1v) is 5.04. The minimum absolute atomic E-state index is 0.148. The van der Waals surface area contributed by atoms with Crippen LogP contribution in [0.2, 0.25) is 0 Å². The van der Waals surface area contributed by atoms with Crippen LogP contribution >= 0.6 is 0 Å². The zero-order valence-corrected chi connectivity index (χ0v) is 9.38. The Balaban J connectivity index is 2.76. The van der Waals surface area contributed by atoms with Crippen molar-refractivity contribution in [1.82, 2.24) is 5.32 Å². The van der Waals surface area contributed by atoms with Crippen LogP contribution < -0.4 is 5.32 Å². The van der Waals surface area contributed by atoms with Gasteiger partial charge in [0.25, 0.3) is 0 Å². The van der Waals surface area contributed by atoms with Gasteiger partial charge in [0.15, 0.2) is 0 Å². The Labute approximate surface area is 99.3 Å². The summed E-state index contributed by atoms with van der Waals surface area (Å²) in [4.78, 5) is 21.5. The summed E-state index contributed by atoms with van der Waals surface area (Å²) in [6.07, 6.45) is 4.68. The molecule has 0 unspecified atom stereocenters. The number of allylic oxidation sites excluding steroid dienone is 2. The Bertz CT molecular complexity index is 461. The van der Waals surface area contributed by atoms with Crippen molar-refractivity contribution in [1.29, 1.82) is 0 Å². The summed E-state index contributed by atoms with van der Waals surface area (Å²) >= 11 is 0. The van der Waals surface area contributed by atoms with Crippen LogP contribution in [-0.4, -0.2) is 17.0 Å². The molecule has 0 aliphatic carbocycles. The number of hydrogen-bond donors (Lipinski definition) is 2. The van der Waals surface area contributed by atoms with Crippen molar-refractivity contribution in [2.24, 2.45) is 0 Å². The van der Waals surface area contributed by atoms with E-state index in [-0.39, 0.29) is 5.70 Å². The molecule has 1 aromatic carbocycles. The Kier molecular flexibility index (Phi) is 4.69.